The van der Waals surface area contributed by atoms with E-state index in [0.29, 0.717) is 37.6 Å². The maximum Gasteiger partial charge on any atom is 0.263 e. The minimum atomic E-state index is -0.444. The summed E-state index contributed by atoms with van der Waals surface area (Å²) in [7, 11) is 0. The molecule has 2 aromatic rings. The van der Waals surface area contributed by atoms with Gasteiger partial charge in [-0.2, -0.15) is 5.26 Å². The zero-order valence-electron chi connectivity index (χ0n) is 14.2. The Bertz CT molecular complexity index is 818. The van der Waals surface area contributed by atoms with E-state index in [2.05, 4.69) is 5.32 Å². The summed E-state index contributed by atoms with van der Waals surface area (Å²) in [5, 5.41) is 11.9. The highest BCUT2D eigenvalue weighted by atomic mass is 19.1. The molecule has 0 unspecified atom stereocenters. The molecule has 2 heterocycles. The second-order valence-electron chi connectivity index (χ2n) is 5.89. The third-order valence-corrected chi connectivity index (χ3v) is 4.19. The zero-order chi connectivity index (χ0) is 18.4. The summed E-state index contributed by atoms with van der Waals surface area (Å²) in [5.41, 5.74) is 0.615. The minimum absolute atomic E-state index is 0.0379. The smallest absolute Gasteiger partial charge is 0.263 e. The Balaban J connectivity index is 1.56. The first kappa shape index (κ1) is 17.5. The van der Waals surface area contributed by atoms with Crippen molar-refractivity contribution < 1.29 is 13.6 Å². The molecule has 1 aliphatic heterocycles. The number of hydrogen-bond acceptors (Lipinski definition) is 5. The number of nitrogens with one attached hydrogen (secondary N) is 1. The molecule has 0 bridgehead atoms. The molecule has 6 nitrogen and oxygen atoms in total. The molecule has 7 heteroatoms. The van der Waals surface area contributed by atoms with Crippen LogP contribution in [-0.2, 0) is 11.3 Å². The number of halogens is 1. The van der Waals surface area contributed by atoms with Crippen molar-refractivity contribution in [3.63, 3.8) is 0 Å². The number of piperazine rings is 1. The van der Waals surface area contributed by atoms with Gasteiger partial charge in [0.15, 0.2) is 0 Å². The van der Waals surface area contributed by atoms with Gasteiger partial charge in [0, 0.05) is 32.4 Å². The van der Waals surface area contributed by atoms with Crippen molar-refractivity contribution in [3.8, 4) is 6.07 Å². The van der Waals surface area contributed by atoms with Gasteiger partial charge in [0.2, 0.25) is 0 Å². The predicted molar refractivity (Wildman–Crippen MR) is 94.4 cm³/mol. The molecule has 1 aromatic heterocycles. The van der Waals surface area contributed by atoms with Gasteiger partial charge in [-0.15, -0.1) is 0 Å². The molecule has 0 saturated carbocycles. The minimum Gasteiger partial charge on any atom is -0.467 e. The number of carbonyl (C=O) groups is 1. The van der Waals surface area contributed by atoms with E-state index in [1.54, 1.807) is 30.5 Å². The molecule has 1 amide bonds. The fourth-order valence-electron chi connectivity index (χ4n) is 2.80. The molecule has 1 aromatic carbocycles. The topological polar surface area (TPSA) is 72.5 Å². The first-order chi connectivity index (χ1) is 12.7. The number of anilines is 1. The molecule has 0 aliphatic carbocycles. The molecule has 1 aliphatic rings. The van der Waals surface area contributed by atoms with Crippen LogP contribution in [0.25, 0.3) is 0 Å². The summed E-state index contributed by atoms with van der Waals surface area (Å²) < 4.78 is 19.0. The Morgan fingerprint density at radius 1 is 1.23 bits per heavy atom. The van der Waals surface area contributed by atoms with Crippen molar-refractivity contribution in [3.05, 3.63) is 66.0 Å². The van der Waals surface area contributed by atoms with Gasteiger partial charge in [-0.3, -0.25) is 4.79 Å². The molecule has 26 heavy (non-hydrogen) atoms. The predicted octanol–water partition coefficient (Wildman–Crippen LogP) is 2.26. The lowest BCUT2D eigenvalue weighted by molar-refractivity contribution is -0.117. The number of rotatable bonds is 5. The van der Waals surface area contributed by atoms with Crippen LogP contribution in [0.2, 0.25) is 0 Å². The van der Waals surface area contributed by atoms with E-state index in [4.69, 9.17) is 4.42 Å². The van der Waals surface area contributed by atoms with Crippen LogP contribution in [0, 0.1) is 17.1 Å². The molecular weight excluding hydrogens is 335 g/mol. The number of nitrogens with zero attached hydrogens (tertiary/aromatic N) is 3. The molecule has 1 saturated heterocycles. The van der Waals surface area contributed by atoms with Gasteiger partial charge in [-0.1, -0.05) is 12.1 Å². The molecule has 1 fully saturated rings. The van der Waals surface area contributed by atoms with Gasteiger partial charge in [-0.05, 0) is 24.3 Å². The van der Waals surface area contributed by atoms with Crippen LogP contribution in [0.4, 0.5) is 10.1 Å². The van der Waals surface area contributed by atoms with Crippen LogP contribution >= 0.6 is 0 Å². The number of benzene rings is 1. The van der Waals surface area contributed by atoms with Crippen LogP contribution in [0.1, 0.15) is 5.76 Å². The lowest BCUT2D eigenvalue weighted by atomic mass is 10.2. The van der Waals surface area contributed by atoms with Gasteiger partial charge in [0.1, 0.15) is 23.2 Å². The Kier molecular flexibility index (Phi) is 5.54. The van der Waals surface area contributed by atoms with Crippen molar-refractivity contribution in [2.24, 2.45) is 0 Å². The summed E-state index contributed by atoms with van der Waals surface area (Å²) in [4.78, 5) is 16.0. The monoisotopic (exact) mass is 354 g/mol. The SMILES string of the molecule is N#C/C(=C/N1CCN(c2ccccc2F)CC1)C(=O)NCc1ccco1. The van der Waals surface area contributed by atoms with E-state index in [-0.39, 0.29) is 17.9 Å². The quantitative estimate of drug-likeness (QED) is 0.659. The molecule has 1 N–H and O–H groups in total. The van der Waals surface area contributed by atoms with Crippen LogP contribution in [0.3, 0.4) is 0 Å². The van der Waals surface area contributed by atoms with Crippen molar-refractivity contribution in [2.75, 3.05) is 31.1 Å². The summed E-state index contributed by atoms with van der Waals surface area (Å²) >= 11 is 0. The fourth-order valence-corrected chi connectivity index (χ4v) is 2.80. The summed E-state index contributed by atoms with van der Waals surface area (Å²) in [5.74, 6) is -0.0684. The number of hydrogen-bond donors (Lipinski definition) is 1. The van der Waals surface area contributed by atoms with Gasteiger partial charge in [0.25, 0.3) is 5.91 Å². The van der Waals surface area contributed by atoms with Gasteiger partial charge in [-0.25, -0.2) is 4.39 Å². The maximum absolute atomic E-state index is 13.9. The third-order valence-electron chi connectivity index (χ3n) is 4.19. The molecule has 134 valence electrons. The normalized spacial score (nSPS) is 14.8. The lowest BCUT2D eigenvalue weighted by Crippen LogP contribution is -2.44. The number of furan rings is 1. The Morgan fingerprint density at radius 3 is 2.65 bits per heavy atom. The molecule has 0 spiro atoms. The number of nitriles is 1. The van der Waals surface area contributed by atoms with E-state index in [1.807, 2.05) is 21.9 Å². The standard InChI is InChI=1S/C19H19FN4O2/c20-17-5-1-2-6-18(17)24-9-7-23(8-10-24)14-15(12-21)19(25)22-13-16-4-3-11-26-16/h1-6,11,14H,7-10,13H2,(H,22,25)/b15-14-. The highest BCUT2D eigenvalue weighted by Crippen LogP contribution is 2.20. The van der Waals surface area contributed by atoms with Crippen molar-refractivity contribution in [2.45, 2.75) is 6.54 Å². The Hall–Kier alpha value is -3.27. The van der Waals surface area contributed by atoms with Crippen LogP contribution in [0.5, 0.6) is 0 Å². The Labute approximate surface area is 151 Å². The highest BCUT2D eigenvalue weighted by Gasteiger charge is 2.19. The summed E-state index contributed by atoms with van der Waals surface area (Å²) in [6, 6.07) is 12.1. The van der Waals surface area contributed by atoms with Gasteiger partial charge >= 0.3 is 0 Å². The molecule has 3 rings (SSSR count). The van der Waals surface area contributed by atoms with Crippen LogP contribution in [0.15, 0.2) is 58.9 Å². The van der Waals surface area contributed by atoms with Gasteiger partial charge in [0.05, 0.1) is 18.5 Å². The number of amides is 1. The van der Waals surface area contributed by atoms with E-state index in [9.17, 15) is 14.4 Å². The first-order valence-electron chi connectivity index (χ1n) is 8.33. The van der Waals surface area contributed by atoms with E-state index < -0.39 is 5.91 Å². The third kappa shape index (κ3) is 4.22. The average Bonchev–Trinajstić information content (AvgIpc) is 3.19. The summed E-state index contributed by atoms with van der Waals surface area (Å²) in [6.07, 6.45) is 3.09. The highest BCUT2D eigenvalue weighted by molar-refractivity contribution is 5.97. The van der Waals surface area contributed by atoms with Crippen LogP contribution < -0.4 is 10.2 Å². The number of para-hydroxylation sites is 1. The first-order valence-corrected chi connectivity index (χ1v) is 8.33. The average molecular weight is 354 g/mol. The van der Waals surface area contributed by atoms with Gasteiger partial charge < -0.3 is 19.5 Å². The second-order valence-corrected chi connectivity index (χ2v) is 5.89. The second kappa shape index (κ2) is 8.21. The largest absolute Gasteiger partial charge is 0.467 e. The molecule has 0 radical (unpaired) electrons. The molecule has 0 atom stereocenters. The van der Waals surface area contributed by atoms with E-state index in [0.717, 1.165) is 0 Å². The summed E-state index contributed by atoms with van der Waals surface area (Å²) in [6.45, 7) is 2.66. The van der Waals surface area contributed by atoms with E-state index in [1.165, 1.54) is 12.3 Å². The maximum atomic E-state index is 13.9. The van der Waals surface area contributed by atoms with E-state index >= 15 is 0 Å². The number of carbonyl (C=O) groups excluding carboxylic acids is 1. The Morgan fingerprint density at radius 2 is 2.00 bits per heavy atom. The lowest BCUT2D eigenvalue weighted by Gasteiger charge is -2.35. The molecular formula is C19H19FN4O2. The zero-order valence-corrected chi connectivity index (χ0v) is 14.2. The van der Waals surface area contributed by atoms with Crippen molar-refractivity contribution >= 4 is 11.6 Å². The van der Waals surface area contributed by atoms with Crippen LogP contribution in [-0.4, -0.2) is 37.0 Å². The fraction of sp³-hybridized carbons (Fsp3) is 0.263. The van der Waals surface area contributed by atoms with Crippen molar-refractivity contribution in [1.29, 1.82) is 5.26 Å². The van der Waals surface area contributed by atoms with Crippen molar-refractivity contribution in [1.82, 2.24) is 10.2 Å².